The number of halogens is 1. The molecule has 6 heteroatoms. The van der Waals surface area contributed by atoms with Gasteiger partial charge in [0.2, 0.25) is 0 Å². The van der Waals surface area contributed by atoms with Gasteiger partial charge in [0.25, 0.3) is 0 Å². The highest BCUT2D eigenvalue weighted by Crippen LogP contribution is 2.17. The minimum Gasteiger partial charge on any atom is -0.356 e. The molecular formula is C17H23ClN4S. The molecule has 0 amide bonds. The average molecular weight is 351 g/mol. The first-order chi connectivity index (χ1) is 11.1. The van der Waals surface area contributed by atoms with Gasteiger partial charge in [-0.15, -0.1) is 11.3 Å². The van der Waals surface area contributed by atoms with Crippen molar-refractivity contribution >= 4 is 28.9 Å². The lowest BCUT2D eigenvalue weighted by molar-refractivity contribution is 0.785. The van der Waals surface area contributed by atoms with Crippen LogP contribution in [-0.2, 0) is 12.8 Å². The summed E-state index contributed by atoms with van der Waals surface area (Å²) in [6.07, 6.45) is 1.90. The first kappa shape index (κ1) is 17.8. The fourth-order valence-corrected chi connectivity index (χ4v) is 3.36. The first-order valence-corrected chi connectivity index (χ1v) is 8.90. The van der Waals surface area contributed by atoms with E-state index in [4.69, 9.17) is 11.6 Å². The molecule has 0 bridgehead atoms. The maximum atomic E-state index is 5.89. The molecule has 1 aromatic carbocycles. The van der Waals surface area contributed by atoms with Crippen LogP contribution in [0, 0.1) is 13.8 Å². The standard InChI is InChI=1S/C17H23ClN4S/c1-12-16(23-13(2)22-12)9-11-21-17(19-3)20-10-8-14-4-6-15(18)7-5-14/h4-7H,8-11H2,1-3H3,(H2,19,20,21). The Hall–Kier alpha value is -1.59. The van der Waals surface area contributed by atoms with E-state index in [-0.39, 0.29) is 0 Å². The van der Waals surface area contributed by atoms with E-state index < -0.39 is 0 Å². The van der Waals surface area contributed by atoms with Crippen LogP contribution in [0.1, 0.15) is 21.1 Å². The number of hydrogen-bond donors (Lipinski definition) is 2. The van der Waals surface area contributed by atoms with Crippen molar-refractivity contribution in [1.29, 1.82) is 0 Å². The van der Waals surface area contributed by atoms with Crippen molar-refractivity contribution in [3.63, 3.8) is 0 Å². The van der Waals surface area contributed by atoms with Gasteiger partial charge in [0.15, 0.2) is 5.96 Å². The van der Waals surface area contributed by atoms with Gasteiger partial charge < -0.3 is 10.6 Å². The maximum absolute atomic E-state index is 5.89. The molecule has 0 unspecified atom stereocenters. The Morgan fingerprint density at radius 1 is 1.13 bits per heavy atom. The fraction of sp³-hybridized carbons (Fsp3) is 0.412. The molecule has 124 valence electrons. The summed E-state index contributed by atoms with van der Waals surface area (Å²) >= 11 is 7.66. The predicted molar refractivity (Wildman–Crippen MR) is 99.8 cm³/mol. The molecule has 1 heterocycles. The summed E-state index contributed by atoms with van der Waals surface area (Å²) in [5.74, 6) is 0.831. The number of rotatable bonds is 6. The van der Waals surface area contributed by atoms with E-state index in [0.29, 0.717) is 0 Å². The molecule has 0 aliphatic heterocycles. The second-order valence-corrected chi connectivity index (χ2v) is 7.02. The van der Waals surface area contributed by atoms with Gasteiger partial charge in [-0.1, -0.05) is 23.7 Å². The van der Waals surface area contributed by atoms with Gasteiger partial charge in [0.05, 0.1) is 10.7 Å². The minimum absolute atomic E-state index is 0.771. The van der Waals surface area contributed by atoms with E-state index >= 15 is 0 Å². The number of aromatic nitrogens is 1. The van der Waals surface area contributed by atoms with Crippen molar-refractivity contribution in [3.8, 4) is 0 Å². The molecule has 2 aromatic rings. The van der Waals surface area contributed by atoms with E-state index in [2.05, 4.69) is 39.7 Å². The summed E-state index contributed by atoms with van der Waals surface area (Å²) < 4.78 is 0. The van der Waals surface area contributed by atoms with Gasteiger partial charge >= 0.3 is 0 Å². The highest BCUT2D eigenvalue weighted by Gasteiger charge is 2.05. The summed E-state index contributed by atoms with van der Waals surface area (Å²) in [6, 6.07) is 7.94. The Morgan fingerprint density at radius 3 is 2.35 bits per heavy atom. The quantitative estimate of drug-likeness (QED) is 0.620. The number of benzene rings is 1. The lowest BCUT2D eigenvalue weighted by atomic mass is 10.1. The molecular weight excluding hydrogens is 328 g/mol. The molecule has 0 saturated heterocycles. The zero-order valence-electron chi connectivity index (χ0n) is 13.8. The summed E-state index contributed by atoms with van der Waals surface area (Å²) in [6.45, 7) is 5.80. The third-order valence-corrected chi connectivity index (χ3v) is 4.87. The van der Waals surface area contributed by atoms with Gasteiger partial charge in [-0.2, -0.15) is 0 Å². The minimum atomic E-state index is 0.771. The van der Waals surface area contributed by atoms with Crippen LogP contribution in [0.25, 0.3) is 0 Å². The summed E-state index contributed by atoms with van der Waals surface area (Å²) in [7, 11) is 1.79. The van der Waals surface area contributed by atoms with Gasteiger partial charge in [-0.3, -0.25) is 4.99 Å². The number of hydrogen-bond acceptors (Lipinski definition) is 3. The van der Waals surface area contributed by atoms with E-state index in [1.54, 1.807) is 18.4 Å². The van der Waals surface area contributed by atoms with E-state index in [1.807, 2.05) is 19.1 Å². The Morgan fingerprint density at radius 2 is 1.78 bits per heavy atom. The molecule has 0 aliphatic carbocycles. The highest BCUT2D eigenvalue weighted by molar-refractivity contribution is 7.11. The van der Waals surface area contributed by atoms with Crippen LogP contribution in [-0.4, -0.2) is 31.1 Å². The van der Waals surface area contributed by atoms with Crippen molar-refractivity contribution in [1.82, 2.24) is 15.6 Å². The fourth-order valence-electron chi connectivity index (χ4n) is 2.30. The van der Waals surface area contributed by atoms with Crippen LogP contribution >= 0.6 is 22.9 Å². The predicted octanol–water partition coefficient (Wildman–Crippen LogP) is 3.36. The first-order valence-electron chi connectivity index (χ1n) is 7.70. The van der Waals surface area contributed by atoms with Gasteiger partial charge in [0.1, 0.15) is 0 Å². The normalized spacial score (nSPS) is 11.6. The van der Waals surface area contributed by atoms with Crippen LogP contribution in [0.15, 0.2) is 29.3 Å². The number of guanidine groups is 1. The third kappa shape index (κ3) is 5.84. The molecule has 0 fully saturated rings. The van der Waals surface area contributed by atoms with Crippen molar-refractivity contribution in [2.24, 2.45) is 4.99 Å². The van der Waals surface area contributed by atoms with Crippen molar-refractivity contribution in [3.05, 3.63) is 50.4 Å². The number of aryl methyl sites for hydroxylation is 2. The molecule has 0 atom stereocenters. The van der Waals surface area contributed by atoms with Crippen LogP contribution in [0.3, 0.4) is 0 Å². The highest BCUT2D eigenvalue weighted by atomic mass is 35.5. The van der Waals surface area contributed by atoms with Gasteiger partial charge in [0, 0.05) is 36.5 Å². The smallest absolute Gasteiger partial charge is 0.190 e. The molecule has 2 N–H and O–H groups in total. The zero-order valence-corrected chi connectivity index (χ0v) is 15.4. The maximum Gasteiger partial charge on any atom is 0.190 e. The molecule has 0 aliphatic rings. The van der Waals surface area contributed by atoms with Crippen LogP contribution in [0.2, 0.25) is 5.02 Å². The molecule has 0 radical (unpaired) electrons. The third-order valence-electron chi connectivity index (χ3n) is 3.49. The van der Waals surface area contributed by atoms with Crippen molar-refractivity contribution < 1.29 is 0 Å². The molecule has 1 aromatic heterocycles. The SMILES string of the molecule is CN=C(NCCc1ccc(Cl)cc1)NCCc1sc(C)nc1C. The summed E-state index contributed by atoms with van der Waals surface area (Å²) in [4.78, 5) is 10.0. The Labute approximate surface area is 147 Å². The van der Waals surface area contributed by atoms with Crippen molar-refractivity contribution in [2.75, 3.05) is 20.1 Å². The lowest BCUT2D eigenvalue weighted by Gasteiger charge is -2.11. The largest absolute Gasteiger partial charge is 0.356 e. The zero-order chi connectivity index (χ0) is 16.7. The molecule has 2 rings (SSSR count). The van der Waals surface area contributed by atoms with Crippen LogP contribution in [0.5, 0.6) is 0 Å². The lowest BCUT2D eigenvalue weighted by Crippen LogP contribution is -2.39. The Balaban J connectivity index is 1.71. The molecule has 0 saturated carbocycles. The summed E-state index contributed by atoms with van der Waals surface area (Å²) in [5, 5.41) is 8.58. The molecule has 23 heavy (non-hydrogen) atoms. The van der Waals surface area contributed by atoms with Crippen LogP contribution in [0.4, 0.5) is 0 Å². The number of thiazole rings is 1. The summed E-state index contributed by atoms with van der Waals surface area (Å²) in [5.41, 5.74) is 2.40. The molecule has 0 spiro atoms. The second kappa shape index (κ2) is 8.89. The van der Waals surface area contributed by atoms with Crippen LogP contribution < -0.4 is 10.6 Å². The van der Waals surface area contributed by atoms with Crippen molar-refractivity contribution in [2.45, 2.75) is 26.7 Å². The van der Waals surface area contributed by atoms with E-state index in [0.717, 1.165) is 47.6 Å². The Bertz CT molecular complexity index is 649. The Kier molecular flexibility index (Phi) is 6.86. The second-order valence-electron chi connectivity index (χ2n) is 5.29. The van der Waals surface area contributed by atoms with Gasteiger partial charge in [-0.05, 0) is 38.0 Å². The average Bonchev–Trinajstić information content (AvgIpc) is 2.85. The van der Waals surface area contributed by atoms with E-state index in [9.17, 15) is 0 Å². The molecule has 4 nitrogen and oxygen atoms in total. The number of nitrogens with one attached hydrogen (secondary N) is 2. The number of nitrogens with zero attached hydrogens (tertiary/aromatic N) is 2. The van der Waals surface area contributed by atoms with Gasteiger partial charge in [-0.25, -0.2) is 4.98 Å². The topological polar surface area (TPSA) is 49.3 Å². The van der Waals surface area contributed by atoms with E-state index in [1.165, 1.54) is 10.4 Å². The monoisotopic (exact) mass is 350 g/mol. The number of aliphatic imine (C=N–C) groups is 1.